The molecule has 1 fully saturated rings. The normalized spacial score (nSPS) is 32.5. The SMILES string of the molecule is CC(=O)NC1C(O)CC(OC(C)=O)(C(=O)O)OC1C(O)C(O)CO. The summed E-state index contributed by atoms with van der Waals surface area (Å²) in [5.41, 5.74) is 0. The zero-order valence-corrected chi connectivity index (χ0v) is 13.1. The Kier molecular flexibility index (Phi) is 6.63. The molecule has 0 radical (unpaired) electrons. The molecule has 1 amide bonds. The highest BCUT2D eigenvalue weighted by molar-refractivity contribution is 5.80. The maximum absolute atomic E-state index is 11.5. The Morgan fingerprint density at radius 3 is 2.33 bits per heavy atom. The van der Waals surface area contributed by atoms with E-state index in [1.807, 2.05) is 0 Å². The predicted octanol–water partition coefficient (Wildman–Crippen LogP) is -3.30. The third-order valence-electron chi connectivity index (χ3n) is 3.50. The van der Waals surface area contributed by atoms with Crippen molar-refractivity contribution in [1.82, 2.24) is 5.32 Å². The van der Waals surface area contributed by atoms with E-state index in [-0.39, 0.29) is 0 Å². The highest BCUT2D eigenvalue weighted by atomic mass is 16.7. The van der Waals surface area contributed by atoms with E-state index in [9.17, 15) is 34.8 Å². The topological polar surface area (TPSA) is 183 Å². The lowest BCUT2D eigenvalue weighted by Gasteiger charge is -2.45. The van der Waals surface area contributed by atoms with Crippen LogP contribution in [0.4, 0.5) is 0 Å². The van der Waals surface area contributed by atoms with Crippen molar-refractivity contribution in [1.29, 1.82) is 0 Å². The second kappa shape index (κ2) is 7.85. The van der Waals surface area contributed by atoms with Gasteiger partial charge in [0.2, 0.25) is 5.91 Å². The van der Waals surface area contributed by atoms with Crippen LogP contribution in [0.2, 0.25) is 0 Å². The van der Waals surface area contributed by atoms with Crippen LogP contribution in [-0.2, 0) is 23.9 Å². The third kappa shape index (κ3) is 4.39. The largest absolute Gasteiger partial charge is 0.476 e. The first kappa shape index (κ1) is 20.3. The van der Waals surface area contributed by atoms with Gasteiger partial charge in [-0.2, -0.15) is 0 Å². The molecule has 6 unspecified atom stereocenters. The van der Waals surface area contributed by atoms with Crippen LogP contribution in [0, 0.1) is 0 Å². The summed E-state index contributed by atoms with van der Waals surface area (Å²) in [7, 11) is 0. The van der Waals surface area contributed by atoms with E-state index in [4.69, 9.17) is 9.84 Å². The number of aliphatic carboxylic acids is 1. The lowest BCUT2D eigenvalue weighted by Crippen LogP contribution is -2.68. The fourth-order valence-corrected chi connectivity index (χ4v) is 2.46. The van der Waals surface area contributed by atoms with Crippen LogP contribution in [0.15, 0.2) is 0 Å². The second-order valence-corrected chi connectivity index (χ2v) is 5.47. The summed E-state index contributed by atoms with van der Waals surface area (Å²) in [6.45, 7) is 1.15. The van der Waals surface area contributed by atoms with Crippen LogP contribution < -0.4 is 5.32 Å². The molecule has 6 atom stereocenters. The molecule has 0 aromatic heterocycles. The van der Waals surface area contributed by atoms with E-state index >= 15 is 0 Å². The van der Waals surface area contributed by atoms with Crippen LogP contribution in [0.5, 0.6) is 0 Å². The molecule has 6 N–H and O–H groups in total. The number of esters is 1. The van der Waals surface area contributed by atoms with Crippen molar-refractivity contribution >= 4 is 17.8 Å². The second-order valence-electron chi connectivity index (χ2n) is 5.47. The van der Waals surface area contributed by atoms with E-state index in [0.29, 0.717) is 0 Å². The lowest BCUT2D eigenvalue weighted by atomic mass is 9.88. The van der Waals surface area contributed by atoms with Crippen molar-refractivity contribution in [3.63, 3.8) is 0 Å². The quantitative estimate of drug-likeness (QED) is 0.265. The standard InChI is InChI=1S/C13H21NO10/c1-5(16)14-9-7(18)3-13(12(21)22,23-6(2)17)24-11(9)10(20)8(19)4-15/h7-11,15,18-20H,3-4H2,1-2H3,(H,14,16)(H,21,22). The van der Waals surface area contributed by atoms with Gasteiger partial charge < -0.3 is 40.3 Å². The summed E-state index contributed by atoms with van der Waals surface area (Å²) in [6, 6.07) is -1.30. The van der Waals surface area contributed by atoms with Gasteiger partial charge >= 0.3 is 17.7 Å². The third-order valence-corrected chi connectivity index (χ3v) is 3.50. The number of rotatable bonds is 6. The average Bonchev–Trinajstić information content (AvgIpc) is 2.47. The molecule has 138 valence electrons. The van der Waals surface area contributed by atoms with Crippen molar-refractivity contribution in [2.75, 3.05) is 6.61 Å². The summed E-state index contributed by atoms with van der Waals surface area (Å²) in [5.74, 6) is -5.98. The van der Waals surface area contributed by atoms with Gasteiger partial charge in [0.1, 0.15) is 18.3 Å². The molecule has 11 heteroatoms. The molecule has 1 aliphatic heterocycles. The molecule has 0 aromatic rings. The Bertz CT molecular complexity index is 497. The van der Waals surface area contributed by atoms with Gasteiger partial charge in [-0.25, -0.2) is 4.79 Å². The maximum Gasteiger partial charge on any atom is 0.377 e. The number of carbonyl (C=O) groups excluding carboxylic acids is 2. The van der Waals surface area contributed by atoms with Crippen LogP contribution in [0.1, 0.15) is 20.3 Å². The first-order valence-corrected chi connectivity index (χ1v) is 7.07. The highest BCUT2D eigenvalue weighted by Gasteiger charge is 2.57. The Labute approximate surface area is 136 Å². The molecule has 24 heavy (non-hydrogen) atoms. The van der Waals surface area contributed by atoms with Gasteiger partial charge in [-0.1, -0.05) is 0 Å². The van der Waals surface area contributed by atoms with Crippen molar-refractivity contribution in [2.45, 2.75) is 56.5 Å². The minimum Gasteiger partial charge on any atom is -0.476 e. The number of carboxylic acids is 1. The summed E-state index contributed by atoms with van der Waals surface area (Å²) in [6.07, 6.45) is -7.60. The number of ether oxygens (including phenoxy) is 2. The number of hydrogen-bond acceptors (Lipinski definition) is 9. The van der Waals surface area contributed by atoms with E-state index < -0.39 is 67.1 Å². The number of nitrogens with one attached hydrogen (secondary N) is 1. The minimum atomic E-state index is -2.61. The zero-order valence-electron chi connectivity index (χ0n) is 13.1. The fourth-order valence-electron chi connectivity index (χ4n) is 2.46. The number of amides is 1. The van der Waals surface area contributed by atoms with Crippen LogP contribution in [0.3, 0.4) is 0 Å². The van der Waals surface area contributed by atoms with E-state index in [1.165, 1.54) is 0 Å². The van der Waals surface area contributed by atoms with Gasteiger partial charge in [-0.3, -0.25) is 9.59 Å². The minimum absolute atomic E-state index is 0.617. The number of carboxylic acid groups (broad SMARTS) is 1. The Hall–Kier alpha value is -1.79. The van der Waals surface area contributed by atoms with Gasteiger partial charge in [-0.15, -0.1) is 0 Å². The zero-order chi connectivity index (χ0) is 18.7. The molecule has 1 aliphatic rings. The van der Waals surface area contributed by atoms with Gasteiger partial charge in [0.15, 0.2) is 0 Å². The van der Waals surface area contributed by atoms with Crippen LogP contribution >= 0.6 is 0 Å². The van der Waals surface area contributed by atoms with Crippen molar-refractivity contribution in [2.24, 2.45) is 0 Å². The Morgan fingerprint density at radius 1 is 1.33 bits per heavy atom. The lowest BCUT2D eigenvalue weighted by molar-refractivity contribution is -0.300. The van der Waals surface area contributed by atoms with Crippen molar-refractivity contribution in [3.8, 4) is 0 Å². The average molecular weight is 351 g/mol. The summed E-state index contributed by atoms with van der Waals surface area (Å²) >= 11 is 0. The van der Waals surface area contributed by atoms with Gasteiger partial charge in [0, 0.05) is 13.8 Å². The first-order valence-electron chi connectivity index (χ1n) is 7.07. The summed E-state index contributed by atoms with van der Waals surface area (Å²) in [4.78, 5) is 34.0. The van der Waals surface area contributed by atoms with E-state index in [2.05, 4.69) is 10.1 Å². The molecule has 11 nitrogen and oxygen atoms in total. The molecule has 0 saturated carbocycles. The molecular formula is C13H21NO10. The maximum atomic E-state index is 11.5. The number of aliphatic hydroxyl groups excluding tert-OH is 4. The smallest absolute Gasteiger partial charge is 0.377 e. The number of carbonyl (C=O) groups is 3. The van der Waals surface area contributed by atoms with Gasteiger partial charge in [0.25, 0.3) is 0 Å². The first-order chi connectivity index (χ1) is 11.0. The molecule has 0 aliphatic carbocycles. The van der Waals surface area contributed by atoms with Gasteiger partial charge in [-0.05, 0) is 0 Å². The number of hydrogen-bond donors (Lipinski definition) is 6. The predicted molar refractivity (Wildman–Crippen MR) is 74.3 cm³/mol. The van der Waals surface area contributed by atoms with Crippen molar-refractivity contribution < 1.29 is 49.4 Å². The molecular weight excluding hydrogens is 330 g/mol. The Balaban J connectivity index is 3.24. The van der Waals surface area contributed by atoms with E-state index in [0.717, 1.165) is 13.8 Å². The van der Waals surface area contributed by atoms with E-state index in [1.54, 1.807) is 0 Å². The molecule has 1 rings (SSSR count). The Morgan fingerprint density at radius 2 is 1.92 bits per heavy atom. The molecule has 0 bridgehead atoms. The van der Waals surface area contributed by atoms with Crippen LogP contribution in [-0.4, -0.2) is 86.2 Å². The molecule has 0 aromatic carbocycles. The molecule has 0 spiro atoms. The van der Waals surface area contributed by atoms with Crippen molar-refractivity contribution in [3.05, 3.63) is 0 Å². The van der Waals surface area contributed by atoms with Gasteiger partial charge in [0.05, 0.1) is 25.2 Å². The van der Waals surface area contributed by atoms with Crippen LogP contribution in [0.25, 0.3) is 0 Å². The summed E-state index contributed by atoms with van der Waals surface area (Å²) < 4.78 is 9.85. The molecule has 1 heterocycles. The summed E-state index contributed by atoms with van der Waals surface area (Å²) in [5, 5.41) is 50.4. The fraction of sp³-hybridized carbons (Fsp3) is 0.769. The molecule has 1 saturated heterocycles. The highest BCUT2D eigenvalue weighted by Crippen LogP contribution is 2.33. The number of aliphatic hydroxyl groups is 4. The monoisotopic (exact) mass is 351 g/mol.